The van der Waals surface area contributed by atoms with Crippen LogP contribution in [-0.2, 0) is 14.3 Å². The van der Waals surface area contributed by atoms with E-state index < -0.39 is 0 Å². The van der Waals surface area contributed by atoms with Gasteiger partial charge in [0.15, 0.2) is 0 Å². The van der Waals surface area contributed by atoms with Gasteiger partial charge in [0.1, 0.15) is 17.6 Å². The molecule has 0 N–H and O–H groups in total. The summed E-state index contributed by atoms with van der Waals surface area (Å²) in [6.07, 6.45) is 3.82. The van der Waals surface area contributed by atoms with Crippen LogP contribution in [0.4, 0.5) is 0 Å². The van der Waals surface area contributed by atoms with Crippen LogP contribution in [0.2, 0.25) is 0 Å². The van der Waals surface area contributed by atoms with Crippen molar-refractivity contribution < 1.29 is 18.7 Å². The number of nitrogens with zero attached hydrogens (tertiary/aromatic N) is 1. The first-order chi connectivity index (χ1) is 10.2. The van der Waals surface area contributed by atoms with Crippen molar-refractivity contribution in [2.45, 2.75) is 44.8 Å². The molecule has 2 aliphatic heterocycles. The van der Waals surface area contributed by atoms with Crippen molar-refractivity contribution >= 4 is 5.91 Å². The van der Waals surface area contributed by atoms with Crippen LogP contribution < -0.4 is 0 Å². The number of carbonyl (C=O) groups excluding carboxylic acids is 1. The predicted octanol–water partition coefficient (Wildman–Crippen LogP) is 2.45. The van der Waals surface area contributed by atoms with E-state index in [1.54, 1.807) is 0 Å². The minimum Gasteiger partial charge on any atom is -0.464 e. The van der Waals surface area contributed by atoms with E-state index in [0.29, 0.717) is 26.2 Å². The lowest BCUT2D eigenvalue weighted by Gasteiger charge is -2.34. The second-order valence-corrected chi connectivity index (χ2v) is 5.80. The molecule has 2 atom stereocenters. The average Bonchev–Trinajstić information content (AvgIpc) is 3.16. The summed E-state index contributed by atoms with van der Waals surface area (Å²) in [5.41, 5.74) is 0. The zero-order chi connectivity index (χ0) is 14.7. The third kappa shape index (κ3) is 3.47. The largest absolute Gasteiger partial charge is 0.464 e. The van der Waals surface area contributed by atoms with Gasteiger partial charge in [-0.15, -0.1) is 0 Å². The smallest absolute Gasteiger partial charge is 0.223 e. The summed E-state index contributed by atoms with van der Waals surface area (Å²) in [5.74, 6) is 1.85. The highest BCUT2D eigenvalue weighted by Crippen LogP contribution is 2.27. The zero-order valence-corrected chi connectivity index (χ0v) is 12.5. The SMILES string of the molecule is Cc1ccc([C@H]2COCCN2C(=O)CC[C@@H]2CCCO2)o1. The monoisotopic (exact) mass is 293 g/mol. The average molecular weight is 293 g/mol. The molecule has 21 heavy (non-hydrogen) atoms. The van der Waals surface area contributed by atoms with Gasteiger partial charge in [0.25, 0.3) is 0 Å². The van der Waals surface area contributed by atoms with Gasteiger partial charge in [-0.1, -0.05) is 0 Å². The van der Waals surface area contributed by atoms with Crippen LogP contribution in [0.3, 0.4) is 0 Å². The van der Waals surface area contributed by atoms with Crippen molar-refractivity contribution in [3.05, 3.63) is 23.7 Å². The van der Waals surface area contributed by atoms with Crippen molar-refractivity contribution in [1.29, 1.82) is 0 Å². The van der Waals surface area contributed by atoms with E-state index in [2.05, 4.69) is 0 Å². The molecule has 2 saturated heterocycles. The van der Waals surface area contributed by atoms with E-state index in [-0.39, 0.29) is 18.1 Å². The molecule has 1 aromatic rings. The molecule has 1 aromatic heterocycles. The zero-order valence-electron chi connectivity index (χ0n) is 12.5. The molecule has 0 saturated carbocycles. The van der Waals surface area contributed by atoms with Crippen molar-refractivity contribution in [3.63, 3.8) is 0 Å². The number of rotatable bonds is 4. The Hall–Kier alpha value is -1.33. The summed E-state index contributed by atoms with van der Waals surface area (Å²) >= 11 is 0. The summed E-state index contributed by atoms with van der Waals surface area (Å²) in [4.78, 5) is 14.4. The number of amides is 1. The molecule has 1 amide bonds. The quantitative estimate of drug-likeness (QED) is 0.855. The van der Waals surface area contributed by atoms with Crippen molar-refractivity contribution in [2.24, 2.45) is 0 Å². The van der Waals surface area contributed by atoms with Gasteiger partial charge >= 0.3 is 0 Å². The molecule has 2 aliphatic rings. The number of aryl methyl sites for hydroxylation is 1. The van der Waals surface area contributed by atoms with Gasteiger partial charge in [-0.2, -0.15) is 0 Å². The maximum absolute atomic E-state index is 12.5. The summed E-state index contributed by atoms with van der Waals surface area (Å²) < 4.78 is 16.8. The fraction of sp³-hybridized carbons (Fsp3) is 0.688. The van der Waals surface area contributed by atoms with E-state index in [4.69, 9.17) is 13.9 Å². The molecule has 2 fully saturated rings. The lowest BCUT2D eigenvalue weighted by Crippen LogP contribution is -2.43. The standard InChI is InChI=1S/C16H23NO4/c1-12-4-6-15(21-12)14-11-19-10-8-17(14)16(18)7-5-13-3-2-9-20-13/h4,6,13-14H,2-3,5,7-11H2,1H3/t13-,14+/m0/s1. The predicted molar refractivity (Wildman–Crippen MR) is 76.9 cm³/mol. The topological polar surface area (TPSA) is 51.9 Å². The van der Waals surface area contributed by atoms with Crippen LogP contribution in [0.1, 0.15) is 43.2 Å². The molecule has 0 unspecified atom stereocenters. The molecule has 0 spiro atoms. The second kappa shape index (κ2) is 6.62. The van der Waals surface area contributed by atoms with Gasteiger partial charge < -0.3 is 18.8 Å². The Bertz CT molecular complexity index is 478. The molecule has 0 bridgehead atoms. The van der Waals surface area contributed by atoms with E-state index >= 15 is 0 Å². The highest BCUT2D eigenvalue weighted by atomic mass is 16.5. The number of hydrogen-bond acceptors (Lipinski definition) is 4. The number of hydrogen-bond donors (Lipinski definition) is 0. The molecule has 0 radical (unpaired) electrons. The van der Waals surface area contributed by atoms with Gasteiger partial charge in [-0.05, 0) is 38.3 Å². The highest BCUT2D eigenvalue weighted by Gasteiger charge is 2.31. The van der Waals surface area contributed by atoms with Gasteiger partial charge in [0, 0.05) is 19.6 Å². The Kier molecular flexibility index (Phi) is 4.60. The Morgan fingerprint density at radius 1 is 1.38 bits per heavy atom. The summed E-state index contributed by atoms with van der Waals surface area (Å²) in [6, 6.07) is 3.78. The number of ether oxygens (including phenoxy) is 2. The van der Waals surface area contributed by atoms with E-state index in [0.717, 1.165) is 37.4 Å². The molecule has 5 heteroatoms. The highest BCUT2D eigenvalue weighted by molar-refractivity contribution is 5.76. The summed E-state index contributed by atoms with van der Waals surface area (Å²) in [5, 5.41) is 0. The van der Waals surface area contributed by atoms with E-state index in [1.807, 2.05) is 24.0 Å². The first kappa shape index (κ1) is 14.6. The molecule has 0 aliphatic carbocycles. The third-order valence-electron chi connectivity index (χ3n) is 4.24. The first-order valence-corrected chi connectivity index (χ1v) is 7.79. The van der Waals surface area contributed by atoms with E-state index in [1.165, 1.54) is 0 Å². The molecule has 3 heterocycles. The Morgan fingerprint density at radius 2 is 2.29 bits per heavy atom. The second-order valence-electron chi connectivity index (χ2n) is 5.80. The fourth-order valence-corrected chi connectivity index (χ4v) is 3.07. The molecular formula is C16H23NO4. The van der Waals surface area contributed by atoms with Gasteiger partial charge in [-0.25, -0.2) is 0 Å². The van der Waals surface area contributed by atoms with Crippen molar-refractivity contribution in [3.8, 4) is 0 Å². The normalized spacial score (nSPS) is 26.2. The van der Waals surface area contributed by atoms with Gasteiger partial charge in [0.05, 0.1) is 19.3 Å². The van der Waals surface area contributed by atoms with Crippen LogP contribution in [0, 0.1) is 6.92 Å². The Labute approximate surface area is 125 Å². The molecule has 116 valence electrons. The Balaban J connectivity index is 1.61. The van der Waals surface area contributed by atoms with Crippen LogP contribution >= 0.6 is 0 Å². The third-order valence-corrected chi connectivity index (χ3v) is 4.24. The maximum atomic E-state index is 12.5. The molecule has 0 aromatic carbocycles. The fourth-order valence-electron chi connectivity index (χ4n) is 3.07. The summed E-state index contributed by atoms with van der Waals surface area (Å²) in [7, 11) is 0. The van der Waals surface area contributed by atoms with Crippen LogP contribution in [0.15, 0.2) is 16.5 Å². The molecule has 5 nitrogen and oxygen atoms in total. The summed E-state index contributed by atoms with van der Waals surface area (Å²) in [6.45, 7) is 4.50. The van der Waals surface area contributed by atoms with Crippen LogP contribution in [-0.4, -0.2) is 43.3 Å². The molecule has 3 rings (SSSR count). The lowest BCUT2D eigenvalue weighted by molar-refractivity contribution is -0.141. The first-order valence-electron chi connectivity index (χ1n) is 7.79. The van der Waals surface area contributed by atoms with Gasteiger partial charge in [-0.3, -0.25) is 4.79 Å². The van der Waals surface area contributed by atoms with Gasteiger partial charge in [0.2, 0.25) is 5.91 Å². The minimum atomic E-state index is -0.0931. The van der Waals surface area contributed by atoms with Crippen LogP contribution in [0.5, 0.6) is 0 Å². The minimum absolute atomic E-state index is 0.0931. The van der Waals surface area contributed by atoms with Crippen molar-refractivity contribution in [1.82, 2.24) is 4.90 Å². The number of carbonyl (C=O) groups is 1. The maximum Gasteiger partial charge on any atom is 0.223 e. The van der Waals surface area contributed by atoms with E-state index in [9.17, 15) is 4.79 Å². The van der Waals surface area contributed by atoms with Crippen LogP contribution in [0.25, 0.3) is 0 Å². The molecular weight excluding hydrogens is 270 g/mol. The Morgan fingerprint density at radius 3 is 3.00 bits per heavy atom. The number of morpholine rings is 1. The number of furan rings is 1. The lowest BCUT2D eigenvalue weighted by atomic mass is 10.1. The van der Waals surface area contributed by atoms with Crippen molar-refractivity contribution in [2.75, 3.05) is 26.4 Å².